The average molecular weight is 374 g/mol. The standard InChI is InChI=1S/C18H26N6O3/c1-27-12-11-24-6-2-3-18(26,17(24)25)14-22-7-9-23(10-8-22)16-15(13-19)20-4-5-21-16/h4-5,26H,2-3,6-12,14H2,1H3/t18-/m1/s1. The van der Waals surface area contributed by atoms with Gasteiger partial charge in [0.2, 0.25) is 0 Å². The van der Waals surface area contributed by atoms with E-state index in [1.807, 2.05) is 4.90 Å². The van der Waals surface area contributed by atoms with Gasteiger partial charge in [0.25, 0.3) is 5.91 Å². The molecule has 2 fully saturated rings. The lowest BCUT2D eigenvalue weighted by Crippen LogP contribution is -2.61. The molecule has 27 heavy (non-hydrogen) atoms. The first-order valence-electron chi connectivity index (χ1n) is 9.26. The highest BCUT2D eigenvalue weighted by molar-refractivity contribution is 5.86. The number of nitrogens with zero attached hydrogens (tertiary/aromatic N) is 6. The van der Waals surface area contributed by atoms with Gasteiger partial charge in [0.1, 0.15) is 6.07 Å². The second-order valence-electron chi connectivity index (χ2n) is 7.02. The number of anilines is 1. The Morgan fingerprint density at radius 3 is 2.70 bits per heavy atom. The fraction of sp³-hybridized carbons (Fsp3) is 0.667. The minimum atomic E-state index is -1.33. The molecule has 2 aliphatic rings. The van der Waals surface area contributed by atoms with Crippen LogP contribution in [0, 0.1) is 11.3 Å². The molecule has 0 aliphatic carbocycles. The van der Waals surface area contributed by atoms with Gasteiger partial charge < -0.3 is 19.6 Å². The van der Waals surface area contributed by atoms with E-state index in [4.69, 9.17) is 4.74 Å². The van der Waals surface area contributed by atoms with Crippen molar-refractivity contribution in [3.8, 4) is 6.07 Å². The molecule has 2 saturated heterocycles. The van der Waals surface area contributed by atoms with E-state index in [1.165, 1.54) is 6.20 Å². The summed E-state index contributed by atoms with van der Waals surface area (Å²) in [6.07, 6.45) is 4.37. The molecule has 1 N–H and O–H groups in total. The van der Waals surface area contributed by atoms with E-state index < -0.39 is 5.60 Å². The number of aromatic nitrogens is 2. The lowest BCUT2D eigenvalue weighted by Gasteiger charge is -2.43. The zero-order valence-electron chi connectivity index (χ0n) is 15.7. The fourth-order valence-corrected chi connectivity index (χ4v) is 3.76. The molecule has 1 aromatic rings. The van der Waals surface area contributed by atoms with E-state index >= 15 is 0 Å². The van der Waals surface area contributed by atoms with Gasteiger partial charge in [-0.2, -0.15) is 5.26 Å². The quantitative estimate of drug-likeness (QED) is 0.708. The van der Waals surface area contributed by atoms with Crippen LogP contribution >= 0.6 is 0 Å². The third-order valence-corrected chi connectivity index (χ3v) is 5.21. The molecular weight excluding hydrogens is 348 g/mol. The number of aliphatic hydroxyl groups is 1. The van der Waals surface area contributed by atoms with E-state index in [-0.39, 0.29) is 5.91 Å². The second-order valence-corrected chi connectivity index (χ2v) is 7.02. The van der Waals surface area contributed by atoms with Crippen LogP contribution in [0.3, 0.4) is 0 Å². The Labute approximate surface area is 159 Å². The number of ether oxygens (including phenoxy) is 1. The predicted molar refractivity (Wildman–Crippen MR) is 98.0 cm³/mol. The molecule has 3 rings (SSSR count). The zero-order chi connectivity index (χ0) is 19.3. The number of piperazine rings is 1. The summed E-state index contributed by atoms with van der Waals surface area (Å²) in [5.41, 5.74) is -1.01. The van der Waals surface area contributed by atoms with Gasteiger partial charge in [-0.25, -0.2) is 9.97 Å². The van der Waals surface area contributed by atoms with Crippen molar-refractivity contribution in [3.63, 3.8) is 0 Å². The number of methoxy groups -OCH3 is 1. The van der Waals surface area contributed by atoms with Gasteiger partial charge in [-0.1, -0.05) is 0 Å². The van der Waals surface area contributed by atoms with Gasteiger partial charge in [0, 0.05) is 65.3 Å². The number of carbonyl (C=O) groups excluding carboxylic acids is 1. The first-order valence-corrected chi connectivity index (χ1v) is 9.26. The van der Waals surface area contributed by atoms with Crippen LogP contribution in [-0.4, -0.2) is 95.9 Å². The molecule has 0 unspecified atom stereocenters. The van der Waals surface area contributed by atoms with Crippen LogP contribution < -0.4 is 4.90 Å². The largest absolute Gasteiger partial charge is 0.383 e. The highest BCUT2D eigenvalue weighted by Crippen LogP contribution is 2.25. The second kappa shape index (κ2) is 8.61. The molecule has 0 bridgehead atoms. The van der Waals surface area contributed by atoms with Crippen molar-refractivity contribution in [2.24, 2.45) is 0 Å². The number of hydrogen-bond acceptors (Lipinski definition) is 8. The predicted octanol–water partition coefficient (Wildman–Crippen LogP) is -0.530. The Bertz CT molecular complexity index is 701. The highest BCUT2D eigenvalue weighted by Gasteiger charge is 2.43. The van der Waals surface area contributed by atoms with Crippen molar-refractivity contribution >= 4 is 11.7 Å². The molecule has 9 heteroatoms. The maximum absolute atomic E-state index is 12.7. The molecule has 1 amide bonds. The molecule has 146 valence electrons. The van der Waals surface area contributed by atoms with Gasteiger partial charge in [0.05, 0.1) is 6.61 Å². The Morgan fingerprint density at radius 2 is 2.00 bits per heavy atom. The minimum Gasteiger partial charge on any atom is -0.383 e. The third-order valence-electron chi connectivity index (χ3n) is 5.21. The van der Waals surface area contributed by atoms with Crippen LogP contribution in [0.4, 0.5) is 5.82 Å². The summed E-state index contributed by atoms with van der Waals surface area (Å²) in [6, 6.07) is 2.07. The maximum atomic E-state index is 12.7. The zero-order valence-corrected chi connectivity index (χ0v) is 15.7. The first kappa shape index (κ1) is 19.5. The summed E-state index contributed by atoms with van der Waals surface area (Å²) in [6.45, 7) is 4.70. The fourth-order valence-electron chi connectivity index (χ4n) is 3.76. The van der Waals surface area contributed by atoms with Crippen LogP contribution in [0.1, 0.15) is 18.5 Å². The Morgan fingerprint density at radius 1 is 1.26 bits per heavy atom. The van der Waals surface area contributed by atoms with E-state index in [2.05, 4.69) is 20.9 Å². The highest BCUT2D eigenvalue weighted by atomic mass is 16.5. The van der Waals surface area contributed by atoms with E-state index in [0.29, 0.717) is 70.4 Å². The number of β-amino-alcohol motifs (C(OH)–C–C–N with tert-alkyl or cyclic N) is 1. The summed E-state index contributed by atoms with van der Waals surface area (Å²) < 4.78 is 5.06. The molecular formula is C18H26N6O3. The van der Waals surface area contributed by atoms with Crippen LogP contribution in [0.25, 0.3) is 0 Å². The monoisotopic (exact) mass is 374 g/mol. The molecule has 2 aliphatic heterocycles. The van der Waals surface area contributed by atoms with Crippen LogP contribution in [0.15, 0.2) is 12.4 Å². The molecule has 1 aromatic heterocycles. The van der Waals surface area contributed by atoms with Crippen LogP contribution in [0.5, 0.6) is 0 Å². The van der Waals surface area contributed by atoms with Crippen molar-refractivity contribution in [3.05, 3.63) is 18.1 Å². The van der Waals surface area contributed by atoms with Gasteiger partial charge in [-0.15, -0.1) is 0 Å². The summed E-state index contributed by atoms with van der Waals surface area (Å²) >= 11 is 0. The topological polar surface area (TPSA) is 106 Å². The maximum Gasteiger partial charge on any atom is 0.255 e. The van der Waals surface area contributed by atoms with E-state index in [9.17, 15) is 15.2 Å². The van der Waals surface area contributed by atoms with Gasteiger partial charge in [0.15, 0.2) is 17.1 Å². The van der Waals surface area contributed by atoms with Crippen LogP contribution in [0.2, 0.25) is 0 Å². The molecule has 0 saturated carbocycles. The molecule has 0 aromatic carbocycles. The third kappa shape index (κ3) is 4.35. The Kier molecular flexibility index (Phi) is 6.21. The number of rotatable bonds is 6. The van der Waals surface area contributed by atoms with Gasteiger partial charge in [-0.3, -0.25) is 9.69 Å². The van der Waals surface area contributed by atoms with Crippen molar-refractivity contribution in [1.82, 2.24) is 19.8 Å². The average Bonchev–Trinajstić information content (AvgIpc) is 2.70. The lowest BCUT2D eigenvalue weighted by atomic mass is 9.91. The number of piperidine rings is 1. The first-order chi connectivity index (χ1) is 13.1. The SMILES string of the molecule is COCCN1CCC[C@@](O)(CN2CCN(c3nccnc3C#N)CC2)C1=O. The number of hydrogen-bond donors (Lipinski definition) is 1. The summed E-state index contributed by atoms with van der Waals surface area (Å²) in [7, 11) is 1.61. The van der Waals surface area contributed by atoms with Crippen molar-refractivity contribution in [1.29, 1.82) is 5.26 Å². The Hall–Kier alpha value is -2.28. The van der Waals surface area contributed by atoms with Crippen LogP contribution in [-0.2, 0) is 9.53 Å². The summed E-state index contributed by atoms with van der Waals surface area (Å²) in [5.74, 6) is 0.395. The smallest absolute Gasteiger partial charge is 0.255 e. The van der Waals surface area contributed by atoms with Crippen molar-refractivity contribution < 1.29 is 14.6 Å². The van der Waals surface area contributed by atoms with E-state index in [0.717, 1.165) is 6.42 Å². The summed E-state index contributed by atoms with van der Waals surface area (Å²) in [5, 5.41) is 20.2. The van der Waals surface area contributed by atoms with Gasteiger partial charge >= 0.3 is 0 Å². The minimum absolute atomic E-state index is 0.200. The Balaban J connectivity index is 1.58. The number of likely N-dealkylation sites (tertiary alicyclic amines) is 1. The molecule has 0 spiro atoms. The van der Waals surface area contributed by atoms with Crippen molar-refractivity contribution in [2.75, 3.05) is 64.4 Å². The van der Waals surface area contributed by atoms with E-state index in [1.54, 1.807) is 18.2 Å². The molecule has 9 nitrogen and oxygen atoms in total. The molecule has 0 radical (unpaired) electrons. The van der Waals surface area contributed by atoms with Gasteiger partial charge in [-0.05, 0) is 12.8 Å². The molecule has 1 atom stereocenters. The number of amides is 1. The summed E-state index contributed by atoms with van der Waals surface area (Å²) in [4.78, 5) is 26.9. The number of carbonyl (C=O) groups is 1. The van der Waals surface area contributed by atoms with Crippen molar-refractivity contribution in [2.45, 2.75) is 18.4 Å². The molecule has 3 heterocycles. The normalized spacial score (nSPS) is 24.1. The number of nitriles is 1. The lowest BCUT2D eigenvalue weighted by molar-refractivity contribution is -0.160.